The molecule has 0 aliphatic heterocycles. The lowest BCUT2D eigenvalue weighted by atomic mass is 9.73. The van der Waals surface area contributed by atoms with Gasteiger partial charge in [-0.2, -0.15) is 0 Å². The Hall–Kier alpha value is -2.39. The molecule has 0 saturated heterocycles. The van der Waals surface area contributed by atoms with Crippen LogP contribution >= 0.6 is 0 Å². The lowest BCUT2D eigenvalue weighted by Gasteiger charge is -2.35. The van der Waals surface area contributed by atoms with Crippen LogP contribution in [-0.2, 0) is 4.74 Å². The van der Waals surface area contributed by atoms with E-state index < -0.39 is 0 Å². The van der Waals surface area contributed by atoms with Gasteiger partial charge in [0.05, 0.1) is 12.7 Å². The van der Waals surface area contributed by atoms with Crippen molar-refractivity contribution in [1.82, 2.24) is 4.90 Å². The van der Waals surface area contributed by atoms with Gasteiger partial charge in [-0.15, -0.1) is 0 Å². The minimum atomic E-state index is -0.285. The van der Waals surface area contributed by atoms with Crippen molar-refractivity contribution in [3.8, 4) is 0 Å². The van der Waals surface area contributed by atoms with Crippen LogP contribution in [0.25, 0.3) is 6.08 Å². The molecule has 2 atom stereocenters. The Balaban J connectivity index is 1.84. The Labute approximate surface area is 162 Å². The van der Waals surface area contributed by atoms with Crippen molar-refractivity contribution < 1.29 is 9.53 Å². The van der Waals surface area contributed by atoms with Crippen molar-refractivity contribution in [2.45, 2.75) is 25.2 Å². The summed E-state index contributed by atoms with van der Waals surface area (Å²) in [6, 6.07) is 18.6. The van der Waals surface area contributed by atoms with Gasteiger partial charge in [-0.1, -0.05) is 54.1 Å². The van der Waals surface area contributed by atoms with Gasteiger partial charge in [0.2, 0.25) is 0 Å². The molecule has 1 saturated carbocycles. The van der Waals surface area contributed by atoms with Crippen molar-refractivity contribution in [2.24, 2.45) is 5.92 Å². The van der Waals surface area contributed by atoms with Gasteiger partial charge in [0, 0.05) is 6.54 Å². The number of nitrogens with zero attached hydrogens (tertiary/aromatic N) is 1. The standard InChI is InChI=1S/C24H29NO2/c1-25(2)17-22-13-12-19(16-23(22)20-9-5-4-6-10-20)14-18-8-7-11-21(15-18)24(26)27-3/h4-11,14-15,22-23H,12-13,16-17H2,1-3H3. The Morgan fingerprint density at radius 1 is 1.15 bits per heavy atom. The van der Waals surface area contributed by atoms with Crippen LogP contribution in [0.4, 0.5) is 0 Å². The third kappa shape index (κ3) is 5.08. The summed E-state index contributed by atoms with van der Waals surface area (Å²) in [4.78, 5) is 14.1. The average Bonchev–Trinajstić information content (AvgIpc) is 2.69. The molecule has 3 rings (SSSR count). The molecule has 3 heteroatoms. The predicted octanol–water partition coefficient (Wildman–Crippen LogP) is 5.00. The summed E-state index contributed by atoms with van der Waals surface area (Å²) in [5.74, 6) is 0.922. The molecule has 27 heavy (non-hydrogen) atoms. The SMILES string of the molecule is COC(=O)c1cccc(C=C2CCC(CN(C)C)C(c3ccccc3)C2)c1. The lowest BCUT2D eigenvalue weighted by Crippen LogP contribution is -2.29. The van der Waals surface area contributed by atoms with Crippen molar-refractivity contribution in [1.29, 1.82) is 0 Å². The summed E-state index contributed by atoms with van der Waals surface area (Å²) in [5.41, 5.74) is 4.57. The molecule has 0 bridgehead atoms. The Morgan fingerprint density at radius 2 is 1.93 bits per heavy atom. The summed E-state index contributed by atoms with van der Waals surface area (Å²) in [5, 5.41) is 0. The summed E-state index contributed by atoms with van der Waals surface area (Å²) in [6.07, 6.45) is 5.64. The fourth-order valence-electron chi connectivity index (χ4n) is 4.14. The first-order chi connectivity index (χ1) is 13.1. The van der Waals surface area contributed by atoms with E-state index in [-0.39, 0.29) is 5.97 Å². The van der Waals surface area contributed by atoms with Gasteiger partial charge in [-0.25, -0.2) is 4.79 Å². The minimum absolute atomic E-state index is 0.285. The van der Waals surface area contributed by atoms with Gasteiger partial charge >= 0.3 is 5.97 Å². The molecule has 1 aliphatic rings. The number of benzene rings is 2. The number of hydrogen-bond acceptors (Lipinski definition) is 3. The van der Waals surface area contributed by atoms with Crippen LogP contribution in [0.2, 0.25) is 0 Å². The number of allylic oxidation sites excluding steroid dienone is 1. The fraction of sp³-hybridized carbons (Fsp3) is 0.375. The van der Waals surface area contributed by atoms with E-state index in [1.165, 1.54) is 24.7 Å². The average molecular weight is 364 g/mol. The van der Waals surface area contributed by atoms with Gasteiger partial charge in [0.15, 0.2) is 0 Å². The molecular weight excluding hydrogens is 334 g/mol. The topological polar surface area (TPSA) is 29.5 Å². The van der Waals surface area contributed by atoms with Crippen LogP contribution in [-0.4, -0.2) is 38.6 Å². The Kier molecular flexibility index (Phi) is 6.46. The summed E-state index contributed by atoms with van der Waals surface area (Å²) < 4.78 is 4.84. The van der Waals surface area contributed by atoms with E-state index in [2.05, 4.69) is 61.5 Å². The van der Waals surface area contributed by atoms with Crippen molar-refractivity contribution in [2.75, 3.05) is 27.7 Å². The number of methoxy groups -OCH3 is 1. The molecule has 0 heterocycles. The molecule has 0 spiro atoms. The van der Waals surface area contributed by atoms with E-state index in [1.54, 1.807) is 6.07 Å². The van der Waals surface area contributed by atoms with Gasteiger partial charge in [-0.05, 0) is 68.5 Å². The summed E-state index contributed by atoms with van der Waals surface area (Å²) in [7, 11) is 5.74. The highest BCUT2D eigenvalue weighted by molar-refractivity contribution is 5.90. The van der Waals surface area contributed by atoms with E-state index in [1.807, 2.05) is 12.1 Å². The zero-order valence-corrected chi connectivity index (χ0v) is 16.5. The highest BCUT2D eigenvalue weighted by atomic mass is 16.5. The second-order valence-corrected chi connectivity index (χ2v) is 7.70. The maximum Gasteiger partial charge on any atom is 0.337 e. The molecule has 3 nitrogen and oxygen atoms in total. The first-order valence-corrected chi connectivity index (χ1v) is 9.64. The molecule has 2 unspecified atom stereocenters. The van der Waals surface area contributed by atoms with Gasteiger partial charge in [0.1, 0.15) is 0 Å². The molecule has 1 fully saturated rings. The van der Waals surface area contributed by atoms with Crippen LogP contribution in [0.3, 0.4) is 0 Å². The molecular formula is C24H29NO2. The van der Waals surface area contributed by atoms with Crippen LogP contribution in [0, 0.1) is 5.92 Å². The quantitative estimate of drug-likeness (QED) is 0.700. The first-order valence-electron chi connectivity index (χ1n) is 9.64. The molecule has 0 N–H and O–H groups in total. The smallest absolute Gasteiger partial charge is 0.337 e. The molecule has 2 aromatic carbocycles. The number of carbonyl (C=O) groups is 1. The van der Waals surface area contributed by atoms with Crippen molar-refractivity contribution >= 4 is 12.0 Å². The molecule has 0 aromatic heterocycles. The van der Waals surface area contributed by atoms with E-state index in [0.29, 0.717) is 17.4 Å². The number of ether oxygens (including phenoxy) is 1. The zero-order chi connectivity index (χ0) is 19.2. The Morgan fingerprint density at radius 3 is 2.63 bits per heavy atom. The summed E-state index contributed by atoms with van der Waals surface area (Å²) >= 11 is 0. The zero-order valence-electron chi connectivity index (χ0n) is 16.5. The third-order valence-corrected chi connectivity index (χ3v) is 5.39. The van der Waals surface area contributed by atoms with Crippen LogP contribution in [0.15, 0.2) is 60.2 Å². The highest BCUT2D eigenvalue weighted by Crippen LogP contribution is 2.41. The fourth-order valence-corrected chi connectivity index (χ4v) is 4.14. The normalized spacial score (nSPS) is 21.4. The maximum absolute atomic E-state index is 11.8. The van der Waals surface area contributed by atoms with Gasteiger partial charge in [0.25, 0.3) is 0 Å². The second kappa shape index (κ2) is 9.01. The maximum atomic E-state index is 11.8. The van der Waals surface area contributed by atoms with E-state index in [4.69, 9.17) is 4.74 Å². The third-order valence-electron chi connectivity index (χ3n) is 5.39. The number of hydrogen-bond donors (Lipinski definition) is 0. The summed E-state index contributed by atoms with van der Waals surface area (Å²) in [6.45, 7) is 1.12. The monoisotopic (exact) mass is 363 g/mol. The van der Waals surface area contributed by atoms with Crippen LogP contribution in [0.5, 0.6) is 0 Å². The van der Waals surface area contributed by atoms with Crippen LogP contribution < -0.4 is 0 Å². The predicted molar refractivity (Wildman–Crippen MR) is 111 cm³/mol. The van der Waals surface area contributed by atoms with Crippen molar-refractivity contribution in [3.05, 3.63) is 76.9 Å². The molecule has 0 amide bonds. The molecule has 0 radical (unpaired) electrons. The molecule has 1 aliphatic carbocycles. The number of carbonyl (C=O) groups excluding carboxylic acids is 1. The second-order valence-electron chi connectivity index (χ2n) is 7.70. The van der Waals surface area contributed by atoms with Crippen LogP contribution in [0.1, 0.15) is 46.7 Å². The van der Waals surface area contributed by atoms with Crippen molar-refractivity contribution in [3.63, 3.8) is 0 Å². The van der Waals surface area contributed by atoms with E-state index in [9.17, 15) is 4.79 Å². The molecule has 142 valence electrons. The van der Waals surface area contributed by atoms with Gasteiger partial charge in [-0.3, -0.25) is 0 Å². The minimum Gasteiger partial charge on any atom is -0.465 e. The Bertz CT molecular complexity index is 795. The highest BCUT2D eigenvalue weighted by Gasteiger charge is 2.29. The van der Waals surface area contributed by atoms with Gasteiger partial charge < -0.3 is 9.64 Å². The largest absolute Gasteiger partial charge is 0.465 e. The number of rotatable bonds is 5. The molecule has 2 aromatic rings. The lowest BCUT2D eigenvalue weighted by molar-refractivity contribution is 0.0600. The first kappa shape index (κ1) is 19.4. The van der Waals surface area contributed by atoms with E-state index >= 15 is 0 Å². The number of esters is 1. The van der Waals surface area contributed by atoms with E-state index in [0.717, 1.165) is 24.9 Å².